The molecule has 0 saturated heterocycles. The van der Waals surface area contributed by atoms with Gasteiger partial charge < -0.3 is 10.1 Å². The molecule has 0 heterocycles. The molecule has 0 aliphatic carbocycles. The summed E-state index contributed by atoms with van der Waals surface area (Å²) in [6, 6.07) is 7.80. The molecule has 0 aromatic heterocycles. The zero-order chi connectivity index (χ0) is 12.5. The largest absolute Gasteiger partial charge is 0.376 e. The van der Waals surface area contributed by atoms with E-state index in [1.54, 1.807) is 0 Å². The summed E-state index contributed by atoms with van der Waals surface area (Å²) in [5.41, 5.74) is 1.17. The van der Waals surface area contributed by atoms with Crippen LogP contribution in [-0.2, 0) is 11.3 Å². The summed E-state index contributed by atoms with van der Waals surface area (Å²) in [7, 11) is 0. The average molecular weight is 256 g/mol. The third kappa shape index (κ3) is 6.67. The lowest BCUT2D eigenvalue weighted by Gasteiger charge is -2.12. The van der Waals surface area contributed by atoms with Crippen LogP contribution in [0.5, 0.6) is 0 Å². The van der Waals surface area contributed by atoms with Gasteiger partial charge >= 0.3 is 0 Å². The number of hydrogen-bond acceptors (Lipinski definition) is 2. The van der Waals surface area contributed by atoms with Crippen LogP contribution in [0.25, 0.3) is 0 Å². The second-order valence-corrected chi connectivity index (χ2v) is 4.89. The van der Waals surface area contributed by atoms with E-state index in [1.807, 2.05) is 24.3 Å². The van der Waals surface area contributed by atoms with Crippen LogP contribution in [0.3, 0.4) is 0 Å². The standard InChI is InChI=1S/C14H22ClNO/c1-3-8-16-9-12(2)10-17-11-13-4-6-14(15)7-5-13/h4-7,12,16H,3,8-11H2,1-2H3. The number of benzene rings is 1. The predicted molar refractivity (Wildman–Crippen MR) is 73.4 cm³/mol. The molecule has 17 heavy (non-hydrogen) atoms. The Morgan fingerprint density at radius 3 is 2.65 bits per heavy atom. The Bertz CT molecular complexity index is 300. The van der Waals surface area contributed by atoms with E-state index in [-0.39, 0.29) is 0 Å². The molecule has 0 amide bonds. The van der Waals surface area contributed by atoms with Crippen LogP contribution >= 0.6 is 11.6 Å². The molecule has 1 N–H and O–H groups in total. The van der Waals surface area contributed by atoms with Crippen molar-refractivity contribution in [2.45, 2.75) is 26.9 Å². The molecule has 1 aromatic carbocycles. The van der Waals surface area contributed by atoms with Gasteiger partial charge in [-0.3, -0.25) is 0 Å². The van der Waals surface area contributed by atoms with Crippen molar-refractivity contribution in [3.63, 3.8) is 0 Å². The highest BCUT2D eigenvalue weighted by Gasteiger charge is 2.01. The number of halogens is 1. The molecule has 1 atom stereocenters. The lowest BCUT2D eigenvalue weighted by Crippen LogP contribution is -2.24. The van der Waals surface area contributed by atoms with E-state index in [2.05, 4.69) is 19.2 Å². The Kier molecular flexibility index (Phi) is 7.25. The second-order valence-electron chi connectivity index (χ2n) is 4.45. The smallest absolute Gasteiger partial charge is 0.0717 e. The zero-order valence-electron chi connectivity index (χ0n) is 10.7. The maximum atomic E-state index is 5.82. The number of nitrogens with one attached hydrogen (secondary N) is 1. The van der Waals surface area contributed by atoms with Gasteiger partial charge in [0.25, 0.3) is 0 Å². The van der Waals surface area contributed by atoms with Crippen LogP contribution in [0.1, 0.15) is 25.8 Å². The molecule has 3 heteroatoms. The molecule has 0 fully saturated rings. The first-order valence-electron chi connectivity index (χ1n) is 6.25. The summed E-state index contributed by atoms with van der Waals surface area (Å²) in [6.45, 7) is 7.93. The van der Waals surface area contributed by atoms with Crippen molar-refractivity contribution in [3.05, 3.63) is 34.9 Å². The normalized spacial score (nSPS) is 12.6. The first kappa shape index (κ1) is 14.5. The minimum Gasteiger partial charge on any atom is -0.376 e. The molecule has 2 nitrogen and oxygen atoms in total. The van der Waals surface area contributed by atoms with E-state index in [1.165, 1.54) is 12.0 Å². The number of ether oxygens (including phenoxy) is 1. The van der Waals surface area contributed by atoms with Gasteiger partial charge in [0.05, 0.1) is 13.2 Å². The van der Waals surface area contributed by atoms with Crippen molar-refractivity contribution in [3.8, 4) is 0 Å². The molecule has 0 bridgehead atoms. The SMILES string of the molecule is CCCNCC(C)COCc1ccc(Cl)cc1. The van der Waals surface area contributed by atoms with E-state index >= 15 is 0 Å². The summed E-state index contributed by atoms with van der Waals surface area (Å²) in [5.74, 6) is 0.550. The summed E-state index contributed by atoms with van der Waals surface area (Å²) in [5, 5.41) is 4.16. The minimum absolute atomic E-state index is 0.550. The Morgan fingerprint density at radius 1 is 1.29 bits per heavy atom. The first-order chi connectivity index (χ1) is 8.22. The van der Waals surface area contributed by atoms with Crippen molar-refractivity contribution < 1.29 is 4.74 Å². The minimum atomic E-state index is 0.550. The highest BCUT2D eigenvalue weighted by Crippen LogP contribution is 2.10. The van der Waals surface area contributed by atoms with Gasteiger partial charge in [-0.05, 0) is 43.1 Å². The maximum Gasteiger partial charge on any atom is 0.0717 e. The van der Waals surface area contributed by atoms with Gasteiger partial charge in [0, 0.05) is 5.02 Å². The van der Waals surface area contributed by atoms with Crippen LogP contribution in [0.15, 0.2) is 24.3 Å². The number of hydrogen-bond donors (Lipinski definition) is 1. The molecule has 1 aromatic rings. The summed E-state index contributed by atoms with van der Waals surface area (Å²) in [4.78, 5) is 0. The van der Waals surface area contributed by atoms with Crippen molar-refractivity contribution in [1.29, 1.82) is 0 Å². The third-order valence-corrected chi connectivity index (χ3v) is 2.76. The van der Waals surface area contributed by atoms with Crippen molar-refractivity contribution in [2.75, 3.05) is 19.7 Å². The zero-order valence-corrected chi connectivity index (χ0v) is 11.5. The van der Waals surface area contributed by atoms with Crippen molar-refractivity contribution in [1.82, 2.24) is 5.32 Å². The summed E-state index contributed by atoms with van der Waals surface area (Å²) >= 11 is 5.82. The van der Waals surface area contributed by atoms with Crippen LogP contribution in [-0.4, -0.2) is 19.7 Å². The monoisotopic (exact) mass is 255 g/mol. The quantitative estimate of drug-likeness (QED) is 0.718. The molecular weight excluding hydrogens is 234 g/mol. The highest BCUT2D eigenvalue weighted by atomic mass is 35.5. The molecule has 0 saturated carbocycles. The van der Waals surface area contributed by atoms with Gasteiger partial charge in [-0.1, -0.05) is 37.6 Å². The topological polar surface area (TPSA) is 21.3 Å². The Labute approximate surface area is 109 Å². The van der Waals surface area contributed by atoms with Crippen LogP contribution in [0, 0.1) is 5.92 Å². The maximum absolute atomic E-state index is 5.82. The van der Waals surface area contributed by atoms with E-state index in [0.717, 1.165) is 24.7 Å². The Morgan fingerprint density at radius 2 is 2.00 bits per heavy atom. The number of rotatable bonds is 8. The second kappa shape index (κ2) is 8.51. The lowest BCUT2D eigenvalue weighted by atomic mass is 10.2. The van der Waals surface area contributed by atoms with Gasteiger partial charge in [-0.15, -0.1) is 0 Å². The summed E-state index contributed by atoms with van der Waals surface area (Å²) < 4.78 is 5.67. The lowest BCUT2D eigenvalue weighted by molar-refractivity contribution is 0.0919. The third-order valence-electron chi connectivity index (χ3n) is 2.50. The molecule has 1 unspecified atom stereocenters. The van der Waals surface area contributed by atoms with E-state index in [0.29, 0.717) is 12.5 Å². The highest BCUT2D eigenvalue weighted by molar-refractivity contribution is 6.30. The molecule has 96 valence electrons. The molecule has 0 aliphatic rings. The first-order valence-corrected chi connectivity index (χ1v) is 6.63. The van der Waals surface area contributed by atoms with Crippen LogP contribution in [0.2, 0.25) is 5.02 Å². The Balaban J connectivity index is 2.12. The summed E-state index contributed by atoms with van der Waals surface area (Å²) in [6.07, 6.45) is 1.18. The Hall–Kier alpha value is -0.570. The fraction of sp³-hybridized carbons (Fsp3) is 0.571. The van der Waals surface area contributed by atoms with E-state index in [9.17, 15) is 0 Å². The van der Waals surface area contributed by atoms with Crippen LogP contribution < -0.4 is 5.32 Å². The predicted octanol–water partition coefficient (Wildman–Crippen LogP) is 3.49. The van der Waals surface area contributed by atoms with Gasteiger partial charge in [0.1, 0.15) is 0 Å². The average Bonchev–Trinajstić information content (AvgIpc) is 2.32. The van der Waals surface area contributed by atoms with Crippen LogP contribution in [0.4, 0.5) is 0 Å². The molecule has 0 spiro atoms. The van der Waals surface area contributed by atoms with Crippen molar-refractivity contribution >= 4 is 11.6 Å². The fourth-order valence-electron chi connectivity index (χ4n) is 1.54. The fourth-order valence-corrected chi connectivity index (χ4v) is 1.67. The molecule has 0 radical (unpaired) electrons. The van der Waals surface area contributed by atoms with Gasteiger partial charge in [0.15, 0.2) is 0 Å². The van der Waals surface area contributed by atoms with Gasteiger partial charge in [-0.25, -0.2) is 0 Å². The molecule has 1 rings (SSSR count). The molecule has 0 aliphatic heterocycles. The molecular formula is C14H22ClNO. The van der Waals surface area contributed by atoms with Gasteiger partial charge in [0.2, 0.25) is 0 Å². The van der Waals surface area contributed by atoms with E-state index < -0.39 is 0 Å². The van der Waals surface area contributed by atoms with E-state index in [4.69, 9.17) is 16.3 Å². The van der Waals surface area contributed by atoms with Crippen molar-refractivity contribution in [2.24, 2.45) is 5.92 Å². The van der Waals surface area contributed by atoms with Gasteiger partial charge in [-0.2, -0.15) is 0 Å².